The van der Waals surface area contributed by atoms with Gasteiger partial charge in [0.1, 0.15) is 11.2 Å². The Labute approximate surface area is 142 Å². The minimum absolute atomic E-state index is 0.808. The lowest BCUT2D eigenvalue weighted by molar-refractivity contribution is 0.669. The van der Waals surface area contributed by atoms with Crippen LogP contribution in [0.1, 0.15) is 0 Å². The average Bonchev–Trinajstić information content (AvgIpc) is 2.94. The molecule has 0 unspecified atom stereocenters. The number of para-hydroxylation sites is 1. The molecule has 0 aliphatic heterocycles. The first-order valence-corrected chi connectivity index (χ1v) is 11.8. The van der Waals surface area contributed by atoms with Crippen LogP contribution in [0, 0.1) is 0 Å². The van der Waals surface area contributed by atoms with Gasteiger partial charge in [0.15, 0.2) is 0 Å². The predicted molar refractivity (Wildman–Crippen MR) is 107 cm³/mol. The largest absolute Gasteiger partial charge is 0.456 e. The third-order valence-electron chi connectivity index (χ3n) is 4.61. The molecular weight excluding hydrogens is 310 g/mol. The highest BCUT2D eigenvalue weighted by Crippen LogP contribution is 2.38. The van der Waals surface area contributed by atoms with Gasteiger partial charge in [0.25, 0.3) is 0 Å². The molecule has 0 aliphatic carbocycles. The van der Waals surface area contributed by atoms with Gasteiger partial charge in [-0.3, -0.25) is 0 Å². The molecule has 4 rings (SSSR count). The highest BCUT2D eigenvalue weighted by Gasteiger charge is 2.22. The highest BCUT2D eigenvalue weighted by molar-refractivity contribution is 6.89. The molecule has 0 saturated heterocycles. The van der Waals surface area contributed by atoms with Crippen molar-refractivity contribution in [3.8, 4) is 11.1 Å². The summed E-state index contributed by atoms with van der Waals surface area (Å²) >= 11 is 0. The molecule has 120 valence electrons. The van der Waals surface area contributed by atoms with Crippen LogP contribution in [0.5, 0.6) is 0 Å². The molecule has 3 aromatic carbocycles. The number of benzene rings is 3. The summed E-state index contributed by atoms with van der Waals surface area (Å²) in [5.74, 6) is 0. The monoisotopic (exact) mass is 331 g/mol. The normalized spacial score (nSPS) is 12.1. The lowest BCUT2D eigenvalue weighted by Crippen LogP contribution is -2.38. The van der Waals surface area contributed by atoms with E-state index in [0.29, 0.717) is 0 Å². The lowest BCUT2D eigenvalue weighted by Gasteiger charge is -2.22. The van der Waals surface area contributed by atoms with Crippen LogP contribution in [0.25, 0.3) is 33.1 Å². The molecule has 0 atom stereocenters. The second-order valence-electron chi connectivity index (χ2n) is 7.29. The Balaban J connectivity index is 2.06. The fourth-order valence-electron chi connectivity index (χ4n) is 3.45. The maximum atomic E-state index is 6.63. The summed E-state index contributed by atoms with van der Waals surface area (Å²) < 4.78 is 5.95. The van der Waals surface area contributed by atoms with E-state index in [-0.39, 0.29) is 0 Å². The van der Waals surface area contributed by atoms with Crippen molar-refractivity contribution in [1.82, 2.24) is 0 Å². The Kier molecular flexibility index (Phi) is 3.29. The van der Waals surface area contributed by atoms with Crippen LogP contribution in [0.4, 0.5) is 5.69 Å². The van der Waals surface area contributed by atoms with Crippen LogP contribution in [0.2, 0.25) is 19.6 Å². The number of anilines is 1. The van der Waals surface area contributed by atoms with E-state index >= 15 is 0 Å². The number of nitrogen functional groups attached to an aromatic ring is 1. The first kappa shape index (κ1) is 15.0. The predicted octanol–water partition coefficient (Wildman–Crippen LogP) is 5.38. The molecule has 0 saturated carbocycles. The van der Waals surface area contributed by atoms with Crippen LogP contribution in [0.15, 0.2) is 65.1 Å². The Bertz CT molecular complexity index is 1060. The van der Waals surface area contributed by atoms with E-state index in [4.69, 9.17) is 10.2 Å². The zero-order chi connectivity index (χ0) is 16.9. The van der Waals surface area contributed by atoms with E-state index in [1.165, 1.54) is 10.8 Å². The topological polar surface area (TPSA) is 39.2 Å². The quantitative estimate of drug-likeness (QED) is 0.395. The van der Waals surface area contributed by atoms with Crippen LogP contribution < -0.4 is 10.9 Å². The van der Waals surface area contributed by atoms with Gasteiger partial charge in [-0.05, 0) is 23.8 Å². The first-order valence-electron chi connectivity index (χ1n) is 8.26. The summed E-state index contributed by atoms with van der Waals surface area (Å²) in [6, 6.07) is 20.9. The molecule has 0 amide bonds. The minimum atomic E-state index is -1.47. The molecule has 1 heterocycles. The summed E-state index contributed by atoms with van der Waals surface area (Å²) in [6.07, 6.45) is 0. The van der Waals surface area contributed by atoms with Crippen molar-refractivity contribution in [2.75, 3.05) is 5.73 Å². The third kappa shape index (κ3) is 2.24. The molecule has 0 spiro atoms. The van der Waals surface area contributed by atoms with Crippen molar-refractivity contribution in [3.63, 3.8) is 0 Å². The second-order valence-corrected chi connectivity index (χ2v) is 12.3. The Morgan fingerprint density at radius 2 is 1.46 bits per heavy atom. The number of fused-ring (bicyclic) bond motifs is 3. The fraction of sp³-hybridized carbons (Fsp3) is 0.143. The van der Waals surface area contributed by atoms with Crippen LogP contribution in [-0.2, 0) is 0 Å². The van der Waals surface area contributed by atoms with E-state index < -0.39 is 8.07 Å². The fourth-order valence-corrected chi connectivity index (χ4v) is 5.07. The Hall–Kier alpha value is -2.52. The lowest BCUT2D eigenvalue weighted by atomic mass is 10.00. The summed E-state index contributed by atoms with van der Waals surface area (Å²) in [5.41, 5.74) is 11.5. The van der Waals surface area contributed by atoms with E-state index in [9.17, 15) is 0 Å². The SMILES string of the molecule is C[Si](C)(C)c1ccccc1-c1ccc2oc3ccccc3c2c1N. The van der Waals surface area contributed by atoms with Gasteiger partial charge in [-0.2, -0.15) is 0 Å². The summed E-state index contributed by atoms with van der Waals surface area (Å²) in [5, 5.41) is 3.54. The van der Waals surface area contributed by atoms with Gasteiger partial charge < -0.3 is 10.2 Å². The maximum Gasteiger partial charge on any atom is 0.137 e. The third-order valence-corrected chi connectivity index (χ3v) is 6.66. The molecule has 0 bridgehead atoms. The molecule has 24 heavy (non-hydrogen) atoms. The minimum Gasteiger partial charge on any atom is -0.456 e. The van der Waals surface area contributed by atoms with Crippen LogP contribution in [-0.4, -0.2) is 8.07 Å². The number of rotatable bonds is 2. The van der Waals surface area contributed by atoms with Gasteiger partial charge in [-0.1, -0.05) is 67.3 Å². The first-order chi connectivity index (χ1) is 11.5. The van der Waals surface area contributed by atoms with Gasteiger partial charge >= 0.3 is 0 Å². The zero-order valence-electron chi connectivity index (χ0n) is 14.3. The zero-order valence-corrected chi connectivity index (χ0v) is 15.3. The molecule has 1 aromatic heterocycles. The van der Waals surface area contributed by atoms with Gasteiger partial charge in [0.05, 0.1) is 19.1 Å². The number of furan rings is 1. The Morgan fingerprint density at radius 3 is 2.25 bits per heavy atom. The van der Waals surface area contributed by atoms with Crippen molar-refractivity contribution >= 4 is 40.9 Å². The average molecular weight is 331 g/mol. The van der Waals surface area contributed by atoms with Crippen molar-refractivity contribution < 1.29 is 4.42 Å². The molecule has 4 aromatic rings. The van der Waals surface area contributed by atoms with Crippen LogP contribution >= 0.6 is 0 Å². The standard InChI is InChI=1S/C21H21NOSi/c1-24(2,3)19-11-7-5-8-14(19)15-12-13-18-20(21(15)22)16-9-4-6-10-17(16)23-18/h4-13H,22H2,1-3H3. The van der Waals surface area contributed by atoms with Crippen LogP contribution in [0.3, 0.4) is 0 Å². The molecule has 0 radical (unpaired) electrons. The van der Waals surface area contributed by atoms with Crippen molar-refractivity contribution in [2.24, 2.45) is 0 Å². The molecule has 0 aliphatic rings. The molecule has 0 fully saturated rings. The molecule has 3 heteroatoms. The highest BCUT2D eigenvalue weighted by atomic mass is 28.3. The van der Waals surface area contributed by atoms with E-state index in [1.54, 1.807) is 0 Å². The summed E-state index contributed by atoms with van der Waals surface area (Å²) in [6.45, 7) is 7.11. The molecule has 2 nitrogen and oxygen atoms in total. The second kappa shape index (κ2) is 5.25. The number of nitrogens with two attached hydrogens (primary N) is 1. The number of hydrogen-bond acceptors (Lipinski definition) is 2. The maximum absolute atomic E-state index is 6.63. The Morgan fingerprint density at radius 1 is 0.750 bits per heavy atom. The van der Waals surface area contributed by atoms with Crippen molar-refractivity contribution in [2.45, 2.75) is 19.6 Å². The van der Waals surface area contributed by atoms with E-state index in [0.717, 1.165) is 33.2 Å². The molecular formula is C21H21NOSi. The van der Waals surface area contributed by atoms with Gasteiger partial charge in [0, 0.05) is 10.9 Å². The molecule has 2 N–H and O–H groups in total. The number of hydrogen-bond donors (Lipinski definition) is 1. The van der Waals surface area contributed by atoms with Gasteiger partial charge in [-0.25, -0.2) is 0 Å². The van der Waals surface area contributed by atoms with E-state index in [1.807, 2.05) is 24.3 Å². The van der Waals surface area contributed by atoms with Gasteiger partial charge in [0.2, 0.25) is 0 Å². The van der Waals surface area contributed by atoms with Crippen molar-refractivity contribution in [1.29, 1.82) is 0 Å². The summed E-state index contributed by atoms with van der Waals surface area (Å²) in [4.78, 5) is 0. The van der Waals surface area contributed by atoms with Gasteiger partial charge in [-0.15, -0.1) is 0 Å². The van der Waals surface area contributed by atoms with E-state index in [2.05, 4.69) is 56.0 Å². The van der Waals surface area contributed by atoms with Crippen molar-refractivity contribution in [3.05, 3.63) is 60.7 Å². The smallest absolute Gasteiger partial charge is 0.137 e. The summed E-state index contributed by atoms with van der Waals surface area (Å²) in [7, 11) is -1.47.